The van der Waals surface area contributed by atoms with Crippen LogP contribution < -0.4 is 5.32 Å². The second-order valence-electron chi connectivity index (χ2n) is 6.15. The first-order chi connectivity index (χ1) is 12.5. The van der Waals surface area contributed by atoms with Gasteiger partial charge < -0.3 is 14.7 Å². The summed E-state index contributed by atoms with van der Waals surface area (Å²) in [5.74, 6) is 1.12. The Bertz CT molecular complexity index is 887. The highest BCUT2D eigenvalue weighted by molar-refractivity contribution is 7.11. The summed E-state index contributed by atoms with van der Waals surface area (Å²) in [7, 11) is 1.78. The molecule has 0 aliphatic rings. The van der Waals surface area contributed by atoms with E-state index in [0.717, 1.165) is 12.2 Å². The van der Waals surface area contributed by atoms with E-state index in [1.807, 2.05) is 24.3 Å². The lowest BCUT2D eigenvalue weighted by Crippen LogP contribution is -2.29. The maximum atomic E-state index is 12.6. The Morgan fingerprint density at radius 2 is 2.12 bits per heavy atom. The summed E-state index contributed by atoms with van der Waals surface area (Å²) in [4.78, 5) is 21.0. The molecule has 0 bridgehead atoms. The van der Waals surface area contributed by atoms with Gasteiger partial charge in [-0.3, -0.25) is 4.79 Å². The van der Waals surface area contributed by atoms with Gasteiger partial charge in [-0.15, -0.1) is 11.3 Å². The summed E-state index contributed by atoms with van der Waals surface area (Å²) in [5.41, 5.74) is 1.59. The van der Waals surface area contributed by atoms with Crippen LogP contribution in [0.4, 0.5) is 5.69 Å². The number of nitrogens with zero attached hydrogens (tertiary/aromatic N) is 3. The Balaban J connectivity index is 1.58. The van der Waals surface area contributed by atoms with Crippen LogP contribution in [0.25, 0.3) is 0 Å². The van der Waals surface area contributed by atoms with Crippen LogP contribution in [0.2, 0.25) is 0 Å². The number of anilines is 1. The van der Waals surface area contributed by atoms with Gasteiger partial charge in [0, 0.05) is 54.5 Å². The van der Waals surface area contributed by atoms with Crippen molar-refractivity contribution in [3.8, 4) is 0 Å². The third-order valence-electron chi connectivity index (χ3n) is 3.96. The molecule has 2 aromatic heterocycles. The molecule has 2 heterocycles. The van der Waals surface area contributed by atoms with E-state index < -0.39 is 0 Å². The summed E-state index contributed by atoms with van der Waals surface area (Å²) in [6, 6.07) is 11.8. The minimum atomic E-state index is -0.0270. The van der Waals surface area contributed by atoms with E-state index in [1.165, 1.54) is 9.75 Å². The molecule has 0 radical (unpaired) electrons. The van der Waals surface area contributed by atoms with Crippen LogP contribution in [0.1, 0.15) is 31.8 Å². The summed E-state index contributed by atoms with van der Waals surface area (Å²) >= 11 is 1.77. The van der Waals surface area contributed by atoms with Crippen molar-refractivity contribution in [2.24, 2.45) is 0 Å². The lowest BCUT2D eigenvalue weighted by Gasteiger charge is -2.17. The van der Waals surface area contributed by atoms with Gasteiger partial charge in [-0.25, -0.2) is 0 Å². The van der Waals surface area contributed by atoms with Crippen LogP contribution in [0.5, 0.6) is 0 Å². The van der Waals surface area contributed by atoms with Crippen molar-refractivity contribution in [2.45, 2.75) is 26.8 Å². The Morgan fingerprint density at radius 1 is 1.27 bits per heavy atom. The average Bonchev–Trinajstić information content (AvgIpc) is 3.25. The highest BCUT2D eigenvalue weighted by Crippen LogP contribution is 2.18. The van der Waals surface area contributed by atoms with Gasteiger partial charge in [-0.1, -0.05) is 11.2 Å². The molecule has 0 aliphatic carbocycles. The van der Waals surface area contributed by atoms with E-state index in [0.29, 0.717) is 30.2 Å². The van der Waals surface area contributed by atoms with E-state index in [-0.39, 0.29) is 5.91 Å². The predicted molar refractivity (Wildman–Crippen MR) is 103 cm³/mol. The van der Waals surface area contributed by atoms with Gasteiger partial charge in [0.15, 0.2) is 5.82 Å². The number of hydrogen-bond acceptors (Lipinski definition) is 6. The van der Waals surface area contributed by atoms with Crippen molar-refractivity contribution < 1.29 is 9.32 Å². The fourth-order valence-corrected chi connectivity index (χ4v) is 3.39. The van der Waals surface area contributed by atoms with Crippen LogP contribution in [0.15, 0.2) is 40.9 Å². The van der Waals surface area contributed by atoms with Crippen molar-refractivity contribution in [1.29, 1.82) is 0 Å². The molecule has 26 heavy (non-hydrogen) atoms. The maximum Gasteiger partial charge on any atom is 0.253 e. The number of benzene rings is 1. The number of hydrogen-bond donors (Lipinski definition) is 1. The molecule has 0 saturated carbocycles. The van der Waals surface area contributed by atoms with Crippen molar-refractivity contribution in [3.05, 3.63) is 63.4 Å². The zero-order chi connectivity index (χ0) is 18.5. The molecule has 1 N–H and O–H groups in total. The lowest BCUT2D eigenvalue weighted by atomic mass is 10.1. The second kappa shape index (κ2) is 8.14. The van der Waals surface area contributed by atoms with Gasteiger partial charge in [0.25, 0.3) is 5.91 Å². The monoisotopic (exact) mass is 370 g/mol. The predicted octanol–water partition coefficient (Wildman–Crippen LogP) is 3.67. The van der Waals surface area contributed by atoms with Crippen LogP contribution in [-0.4, -0.2) is 34.5 Å². The van der Waals surface area contributed by atoms with Crippen molar-refractivity contribution in [2.75, 3.05) is 18.9 Å². The SMILES string of the molecule is Cc1nc(CCN(C)C(=O)c2cccc(NCc3ccc(C)s3)c2)no1. The number of likely N-dealkylation sites (N-methyl/N-ethyl adjacent to an activating group) is 1. The number of thiophene rings is 1. The van der Waals surface area contributed by atoms with E-state index in [2.05, 4.69) is 34.5 Å². The molecule has 3 rings (SSSR count). The summed E-state index contributed by atoms with van der Waals surface area (Å²) in [6.07, 6.45) is 0.565. The minimum Gasteiger partial charge on any atom is -0.380 e. The number of amides is 1. The first-order valence-electron chi connectivity index (χ1n) is 8.45. The maximum absolute atomic E-state index is 12.6. The first kappa shape index (κ1) is 18.1. The Hall–Kier alpha value is -2.67. The molecule has 6 nitrogen and oxygen atoms in total. The standard InChI is InChI=1S/C19H22N4O2S/c1-13-7-8-17(26-13)12-20-16-6-4-5-15(11-16)19(24)23(3)10-9-18-21-14(2)25-22-18/h4-8,11,20H,9-10,12H2,1-3H3. The third-order valence-corrected chi connectivity index (χ3v) is 4.96. The fourth-order valence-electron chi connectivity index (χ4n) is 2.56. The molecule has 0 unspecified atom stereocenters. The lowest BCUT2D eigenvalue weighted by molar-refractivity contribution is 0.0796. The number of nitrogens with one attached hydrogen (secondary N) is 1. The normalized spacial score (nSPS) is 10.7. The molecule has 7 heteroatoms. The summed E-state index contributed by atoms with van der Waals surface area (Å²) in [5, 5.41) is 7.23. The number of aryl methyl sites for hydroxylation is 2. The molecule has 1 aromatic carbocycles. The smallest absolute Gasteiger partial charge is 0.253 e. The minimum absolute atomic E-state index is 0.0270. The van der Waals surface area contributed by atoms with Crippen LogP contribution in [-0.2, 0) is 13.0 Å². The van der Waals surface area contributed by atoms with Crippen molar-refractivity contribution in [1.82, 2.24) is 15.0 Å². The van der Waals surface area contributed by atoms with E-state index in [4.69, 9.17) is 4.52 Å². The second-order valence-corrected chi connectivity index (χ2v) is 7.53. The number of aromatic nitrogens is 2. The first-order valence-corrected chi connectivity index (χ1v) is 9.27. The summed E-state index contributed by atoms with van der Waals surface area (Å²) in [6.45, 7) is 5.13. The third kappa shape index (κ3) is 4.70. The van der Waals surface area contributed by atoms with Crippen LogP contribution in [0.3, 0.4) is 0 Å². The largest absolute Gasteiger partial charge is 0.380 e. The van der Waals surface area contributed by atoms with Crippen LogP contribution >= 0.6 is 11.3 Å². The molecule has 0 spiro atoms. The van der Waals surface area contributed by atoms with Gasteiger partial charge in [0.1, 0.15) is 0 Å². The van der Waals surface area contributed by atoms with Gasteiger partial charge in [0.05, 0.1) is 0 Å². The molecule has 1 amide bonds. The quantitative estimate of drug-likeness (QED) is 0.687. The zero-order valence-corrected chi connectivity index (χ0v) is 16.0. The number of carbonyl (C=O) groups is 1. The fraction of sp³-hybridized carbons (Fsp3) is 0.316. The molecule has 0 aliphatic heterocycles. The average molecular weight is 370 g/mol. The van der Waals surface area contributed by atoms with E-state index in [1.54, 1.807) is 30.2 Å². The van der Waals surface area contributed by atoms with Crippen molar-refractivity contribution >= 4 is 22.9 Å². The summed E-state index contributed by atoms with van der Waals surface area (Å²) < 4.78 is 4.95. The van der Waals surface area contributed by atoms with Crippen molar-refractivity contribution in [3.63, 3.8) is 0 Å². The molecule has 0 atom stereocenters. The number of carbonyl (C=O) groups excluding carboxylic acids is 1. The zero-order valence-electron chi connectivity index (χ0n) is 15.2. The van der Waals surface area contributed by atoms with Gasteiger partial charge in [-0.2, -0.15) is 4.98 Å². The molecule has 0 fully saturated rings. The number of rotatable bonds is 7. The highest BCUT2D eigenvalue weighted by Gasteiger charge is 2.13. The topological polar surface area (TPSA) is 71.3 Å². The van der Waals surface area contributed by atoms with Gasteiger partial charge in [-0.05, 0) is 37.3 Å². The Kier molecular flexibility index (Phi) is 5.68. The van der Waals surface area contributed by atoms with E-state index >= 15 is 0 Å². The van der Waals surface area contributed by atoms with E-state index in [9.17, 15) is 4.79 Å². The Labute approximate surface area is 156 Å². The van der Waals surface area contributed by atoms with Gasteiger partial charge >= 0.3 is 0 Å². The van der Waals surface area contributed by atoms with Crippen LogP contribution in [0, 0.1) is 13.8 Å². The van der Waals surface area contributed by atoms with Gasteiger partial charge in [0.2, 0.25) is 5.89 Å². The molecule has 3 aromatic rings. The molecular formula is C19H22N4O2S. The highest BCUT2D eigenvalue weighted by atomic mass is 32.1. The Morgan fingerprint density at radius 3 is 2.81 bits per heavy atom. The molecule has 136 valence electrons. The molecule has 0 saturated heterocycles. The molecular weight excluding hydrogens is 348 g/mol.